The zero-order valence-corrected chi connectivity index (χ0v) is 16.2. The molecule has 3 aromatic heterocycles. The molecular formula is C19H13ClF3N7. The molecule has 0 aliphatic carbocycles. The molecule has 1 unspecified atom stereocenters. The normalized spacial score (nSPS) is 15.7. The fourth-order valence-electron chi connectivity index (χ4n) is 3.66. The third-order valence-corrected chi connectivity index (χ3v) is 5.41. The van der Waals surface area contributed by atoms with Crippen LogP contribution in [0.15, 0.2) is 42.7 Å². The van der Waals surface area contributed by atoms with Crippen molar-refractivity contribution in [2.45, 2.75) is 25.7 Å². The predicted octanol–water partition coefficient (Wildman–Crippen LogP) is 4.51. The zero-order chi connectivity index (χ0) is 21.0. The minimum Gasteiger partial charge on any atom is -0.302 e. The van der Waals surface area contributed by atoms with Crippen molar-refractivity contribution in [1.82, 2.24) is 34.5 Å². The Labute approximate surface area is 173 Å². The molecule has 1 atom stereocenters. The molecule has 4 aromatic rings. The Kier molecular flexibility index (Phi) is 4.14. The van der Waals surface area contributed by atoms with Crippen LogP contribution in [0, 0.1) is 0 Å². The molecule has 0 spiro atoms. The molecule has 0 fully saturated rings. The van der Waals surface area contributed by atoms with E-state index in [-0.39, 0.29) is 17.4 Å². The van der Waals surface area contributed by atoms with Crippen LogP contribution >= 0.6 is 11.6 Å². The quantitative estimate of drug-likeness (QED) is 0.466. The van der Waals surface area contributed by atoms with Crippen LogP contribution in [0.2, 0.25) is 5.02 Å². The largest absolute Gasteiger partial charge is 0.417 e. The lowest BCUT2D eigenvalue weighted by Gasteiger charge is -2.25. The molecule has 0 saturated heterocycles. The van der Waals surface area contributed by atoms with Gasteiger partial charge >= 0.3 is 6.18 Å². The lowest BCUT2D eigenvalue weighted by Crippen LogP contribution is -2.22. The molecule has 0 amide bonds. The molecule has 1 aromatic carbocycles. The standard InChI is InChI=1S/C19H13ClF3N7/c1-10-9-29-15(11-4-3-7-24-8-11)25-27-17(29)18-28-26-16(30(10)18)12-5-2-6-13(14(12)20)19(21,22)23/h2-8,10H,9H2,1H3. The maximum absolute atomic E-state index is 13.3. The highest BCUT2D eigenvalue weighted by molar-refractivity contribution is 6.34. The van der Waals surface area contributed by atoms with Crippen molar-refractivity contribution in [2.75, 3.05) is 0 Å². The van der Waals surface area contributed by atoms with Crippen molar-refractivity contribution in [1.29, 1.82) is 0 Å². The lowest BCUT2D eigenvalue weighted by atomic mass is 10.1. The molecule has 1 aliphatic heterocycles. The third kappa shape index (κ3) is 2.78. The molecule has 30 heavy (non-hydrogen) atoms. The van der Waals surface area contributed by atoms with Gasteiger partial charge in [-0.1, -0.05) is 17.7 Å². The Bertz CT molecular complexity index is 1250. The number of hydrogen-bond donors (Lipinski definition) is 0. The van der Waals surface area contributed by atoms with Gasteiger partial charge in [0, 0.05) is 30.1 Å². The van der Waals surface area contributed by atoms with Crippen molar-refractivity contribution < 1.29 is 13.2 Å². The molecule has 152 valence electrons. The van der Waals surface area contributed by atoms with E-state index >= 15 is 0 Å². The van der Waals surface area contributed by atoms with E-state index in [1.165, 1.54) is 12.1 Å². The summed E-state index contributed by atoms with van der Waals surface area (Å²) in [5.74, 6) is 1.79. The van der Waals surface area contributed by atoms with E-state index in [2.05, 4.69) is 25.4 Å². The number of benzene rings is 1. The Balaban J connectivity index is 1.66. The Morgan fingerprint density at radius 1 is 0.967 bits per heavy atom. The van der Waals surface area contributed by atoms with Gasteiger partial charge in [-0.05, 0) is 31.2 Å². The number of hydrogen-bond acceptors (Lipinski definition) is 5. The molecule has 7 nitrogen and oxygen atoms in total. The first-order chi connectivity index (χ1) is 14.4. The average Bonchev–Trinajstić information content (AvgIpc) is 3.32. The van der Waals surface area contributed by atoms with Gasteiger partial charge in [0.1, 0.15) is 0 Å². The SMILES string of the molecule is CC1Cn2c(-c3cccnc3)nnc2-c2nnc(-c3cccc(C(F)(F)F)c3Cl)n21. The first-order valence-corrected chi connectivity index (χ1v) is 9.39. The summed E-state index contributed by atoms with van der Waals surface area (Å²) in [5.41, 5.74) is 0.0552. The second-order valence-corrected chi connectivity index (χ2v) is 7.31. The van der Waals surface area contributed by atoms with Gasteiger partial charge in [-0.25, -0.2) is 0 Å². The lowest BCUT2D eigenvalue weighted by molar-refractivity contribution is -0.137. The van der Waals surface area contributed by atoms with Crippen LogP contribution < -0.4 is 0 Å². The van der Waals surface area contributed by atoms with Gasteiger partial charge in [0.25, 0.3) is 0 Å². The van der Waals surface area contributed by atoms with Crippen LogP contribution in [0.5, 0.6) is 0 Å². The number of nitrogens with zero attached hydrogens (tertiary/aromatic N) is 7. The van der Waals surface area contributed by atoms with Gasteiger partial charge in [-0.15, -0.1) is 20.4 Å². The van der Waals surface area contributed by atoms with E-state index in [0.717, 1.165) is 11.6 Å². The summed E-state index contributed by atoms with van der Waals surface area (Å²) in [6.45, 7) is 2.41. The number of fused-ring (bicyclic) bond motifs is 3. The van der Waals surface area contributed by atoms with Crippen LogP contribution in [0.4, 0.5) is 13.2 Å². The maximum atomic E-state index is 13.3. The second kappa shape index (κ2) is 6.63. The molecule has 0 radical (unpaired) electrons. The summed E-state index contributed by atoms with van der Waals surface area (Å²) in [6.07, 6.45) is -1.21. The first-order valence-electron chi connectivity index (χ1n) is 9.01. The van der Waals surface area contributed by atoms with Crippen molar-refractivity contribution >= 4 is 11.6 Å². The van der Waals surface area contributed by atoms with E-state index in [0.29, 0.717) is 24.0 Å². The molecule has 1 aliphatic rings. The van der Waals surface area contributed by atoms with Gasteiger partial charge in [0.2, 0.25) is 11.6 Å². The zero-order valence-electron chi connectivity index (χ0n) is 15.5. The number of halogens is 4. The Morgan fingerprint density at radius 2 is 1.70 bits per heavy atom. The van der Waals surface area contributed by atoms with Gasteiger partial charge in [0.05, 0.1) is 16.6 Å². The number of pyridine rings is 1. The van der Waals surface area contributed by atoms with E-state index in [1.54, 1.807) is 23.0 Å². The minimum atomic E-state index is -4.57. The third-order valence-electron chi connectivity index (χ3n) is 5.00. The molecule has 0 bridgehead atoms. The minimum absolute atomic E-state index is 0.164. The van der Waals surface area contributed by atoms with Gasteiger partial charge in [-0.2, -0.15) is 13.2 Å². The van der Waals surface area contributed by atoms with E-state index in [1.807, 2.05) is 17.6 Å². The monoisotopic (exact) mass is 431 g/mol. The predicted molar refractivity (Wildman–Crippen MR) is 102 cm³/mol. The smallest absolute Gasteiger partial charge is 0.302 e. The fraction of sp³-hybridized carbons (Fsp3) is 0.211. The molecule has 0 N–H and O–H groups in total. The topological polar surface area (TPSA) is 74.3 Å². The summed E-state index contributed by atoms with van der Waals surface area (Å²) < 4.78 is 43.5. The van der Waals surface area contributed by atoms with Crippen molar-refractivity contribution in [3.05, 3.63) is 53.3 Å². The summed E-state index contributed by atoms with van der Waals surface area (Å²) >= 11 is 6.12. The summed E-state index contributed by atoms with van der Waals surface area (Å²) in [4.78, 5) is 4.11. The summed E-state index contributed by atoms with van der Waals surface area (Å²) in [7, 11) is 0. The molecule has 0 saturated carbocycles. The fourth-order valence-corrected chi connectivity index (χ4v) is 3.98. The highest BCUT2D eigenvalue weighted by Crippen LogP contribution is 2.41. The molecule has 11 heteroatoms. The van der Waals surface area contributed by atoms with Crippen molar-refractivity contribution in [2.24, 2.45) is 0 Å². The Morgan fingerprint density at radius 3 is 2.43 bits per heavy atom. The van der Waals surface area contributed by atoms with Crippen LogP contribution in [0.25, 0.3) is 34.4 Å². The first kappa shape index (κ1) is 18.7. The molecule has 5 rings (SSSR count). The van der Waals surface area contributed by atoms with E-state index in [9.17, 15) is 13.2 Å². The molecular weight excluding hydrogens is 419 g/mol. The maximum Gasteiger partial charge on any atom is 0.417 e. The van der Waals surface area contributed by atoms with Crippen LogP contribution in [-0.4, -0.2) is 34.5 Å². The second-order valence-electron chi connectivity index (χ2n) is 6.93. The summed E-state index contributed by atoms with van der Waals surface area (Å²) in [5, 5.41) is 16.5. The average molecular weight is 432 g/mol. The highest BCUT2D eigenvalue weighted by atomic mass is 35.5. The number of aromatic nitrogens is 7. The van der Waals surface area contributed by atoms with E-state index < -0.39 is 16.8 Å². The Hall–Kier alpha value is -3.27. The summed E-state index contributed by atoms with van der Waals surface area (Å²) in [6, 6.07) is 7.26. The van der Waals surface area contributed by atoms with Gasteiger partial charge in [-0.3, -0.25) is 9.55 Å². The van der Waals surface area contributed by atoms with E-state index in [4.69, 9.17) is 11.6 Å². The van der Waals surface area contributed by atoms with Gasteiger partial charge in [0.15, 0.2) is 11.6 Å². The molecule has 4 heterocycles. The highest BCUT2D eigenvalue weighted by Gasteiger charge is 2.36. The number of rotatable bonds is 2. The van der Waals surface area contributed by atoms with Crippen LogP contribution in [-0.2, 0) is 12.7 Å². The van der Waals surface area contributed by atoms with Crippen molar-refractivity contribution in [3.63, 3.8) is 0 Å². The number of alkyl halides is 3. The van der Waals surface area contributed by atoms with Gasteiger partial charge < -0.3 is 4.57 Å². The van der Waals surface area contributed by atoms with Crippen LogP contribution in [0.1, 0.15) is 18.5 Å². The van der Waals surface area contributed by atoms with Crippen LogP contribution in [0.3, 0.4) is 0 Å². The van der Waals surface area contributed by atoms with Crippen molar-refractivity contribution in [3.8, 4) is 34.4 Å².